The third kappa shape index (κ3) is 5.91. The van der Waals surface area contributed by atoms with Crippen LogP contribution in [0.3, 0.4) is 0 Å². The van der Waals surface area contributed by atoms with E-state index in [1.807, 2.05) is 13.8 Å². The number of terminal acetylenes is 1. The Morgan fingerprint density at radius 2 is 1.80 bits per heavy atom. The van der Waals surface area contributed by atoms with Crippen molar-refractivity contribution in [3.63, 3.8) is 0 Å². The summed E-state index contributed by atoms with van der Waals surface area (Å²) in [5.74, 6) is 3.48. The predicted octanol–water partition coefficient (Wildman–Crippen LogP) is 4.80. The van der Waals surface area contributed by atoms with Crippen molar-refractivity contribution < 1.29 is 17.9 Å². The molecule has 1 aliphatic heterocycles. The largest absolute Gasteiger partial charge is 0.497 e. The Bertz CT molecular complexity index is 1290. The number of fused-ring (bicyclic) bond motifs is 1. The minimum absolute atomic E-state index is 0.320. The van der Waals surface area contributed by atoms with Crippen LogP contribution < -0.4 is 20.9 Å². The Morgan fingerprint density at radius 3 is 2.37 bits per heavy atom. The van der Waals surface area contributed by atoms with Gasteiger partial charge in [0.05, 0.1) is 19.3 Å². The van der Waals surface area contributed by atoms with Gasteiger partial charge in [0.15, 0.2) is 6.29 Å². The van der Waals surface area contributed by atoms with E-state index in [4.69, 9.17) is 11.2 Å². The molecule has 2 N–H and O–H groups in total. The highest BCUT2D eigenvalue weighted by Gasteiger charge is 2.29. The summed E-state index contributed by atoms with van der Waals surface area (Å²) >= 11 is 0. The second-order valence-corrected chi connectivity index (χ2v) is 7.24. The van der Waals surface area contributed by atoms with Crippen LogP contribution in [0.25, 0.3) is 16.8 Å². The summed E-state index contributed by atoms with van der Waals surface area (Å²) in [5.41, 5.74) is 2.38. The lowest BCUT2D eigenvalue weighted by molar-refractivity contribution is -0.125. The molecule has 35 heavy (non-hydrogen) atoms. The number of nitrogens with zero attached hydrogens (tertiary/aromatic N) is 2. The standard InChI is InChI=1S/C24H19F3N4O2.C2H6/c1-3-15-4-8-18(9-5-15)31-21-17(13-28-23(30-21)29-14-24(25,26)27)12-20(22(31)32)16-6-10-19(33-2)11-7-16;1-2/h1,4-13,23,29-30H,14H2,2H3;1-2H3. The summed E-state index contributed by atoms with van der Waals surface area (Å²) < 4.78 is 44.6. The van der Waals surface area contributed by atoms with E-state index in [1.54, 1.807) is 61.7 Å². The maximum absolute atomic E-state index is 13.6. The van der Waals surface area contributed by atoms with Crippen LogP contribution in [0.1, 0.15) is 25.0 Å². The fraction of sp³-hybridized carbons (Fsp3) is 0.231. The summed E-state index contributed by atoms with van der Waals surface area (Å²) in [5, 5.41) is 5.18. The maximum atomic E-state index is 13.6. The summed E-state index contributed by atoms with van der Waals surface area (Å²) in [6.07, 6.45) is 1.42. The Labute approximate surface area is 201 Å². The molecular formula is C26H25F3N4O2. The van der Waals surface area contributed by atoms with Gasteiger partial charge in [0.25, 0.3) is 5.56 Å². The Balaban J connectivity index is 0.00000167. The first-order valence-corrected chi connectivity index (χ1v) is 10.9. The number of pyridine rings is 1. The lowest BCUT2D eigenvalue weighted by Gasteiger charge is -2.26. The van der Waals surface area contributed by atoms with E-state index in [9.17, 15) is 18.0 Å². The molecular weight excluding hydrogens is 457 g/mol. The lowest BCUT2D eigenvalue weighted by Crippen LogP contribution is -2.43. The molecule has 182 valence electrons. The number of hydrogen-bond donors (Lipinski definition) is 2. The number of aromatic nitrogens is 1. The molecule has 4 rings (SSSR count). The lowest BCUT2D eigenvalue weighted by atomic mass is 10.0. The van der Waals surface area contributed by atoms with Crippen molar-refractivity contribution in [1.82, 2.24) is 9.88 Å². The topological polar surface area (TPSA) is 67.7 Å². The zero-order chi connectivity index (χ0) is 25.6. The Morgan fingerprint density at radius 1 is 1.14 bits per heavy atom. The summed E-state index contributed by atoms with van der Waals surface area (Å²) in [7, 11) is 1.55. The van der Waals surface area contributed by atoms with Crippen LogP contribution in [0.15, 0.2) is 64.4 Å². The number of hydrogen-bond acceptors (Lipinski definition) is 5. The van der Waals surface area contributed by atoms with Crippen LogP contribution >= 0.6 is 0 Å². The summed E-state index contributed by atoms with van der Waals surface area (Å²) in [6.45, 7) is 2.77. The quantitative estimate of drug-likeness (QED) is 0.513. The van der Waals surface area contributed by atoms with E-state index in [-0.39, 0.29) is 5.56 Å². The molecule has 0 fully saturated rings. The van der Waals surface area contributed by atoms with Crippen molar-refractivity contribution in [2.24, 2.45) is 4.99 Å². The van der Waals surface area contributed by atoms with Gasteiger partial charge in [0.2, 0.25) is 0 Å². The fourth-order valence-corrected chi connectivity index (χ4v) is 3.45. The fourth-order valence-electron chi connectivity index (χ4n) is 3.45. The molecule has 0 spiro atoms. The molecule has 0 radical (unpaired) electrons. The monoisotopic (exact) mass is 482 g/mol. The van der Waals surface area contributed by atoms with Gasteiger partial charge in [-0.3, -0.25) is 19.7 Å². The molecule has 1 atom stereocenters. The molecule has 0 aliphatic carbocycles. The van der Waals surface area contributed by atoms with Gasteiger partial charge >= 0.3 is 6.18 Å². The van der Waals surface area contributed by atoms with E-state index in [0.29, 0.717) is 39.5 Å². The first-order valence-electron chi connectivity index (χ1n) is 10.9. The number of benzene rings is 2. The molecule has 1 unspecified atom stereocenters. The number of aliphatic imine (C=N–C) groups is 1. The number of alkyl halides is 3. The number of ether oxygens (including phenoxy) is 1. The van der Waals surface area contributed by atoms with Crippen LogP contribution in [-0.4, -0.2) is 36.9 Å². The molecule has 0 saturated carbocycles. The summed E-state index contributed by atoms with van der Waals surface area (Å²) in [6, 6.07) is 15.4. The van der Waals surface area contributed by atoms with Crippen molar-refractivity contribution in [1.29, 1.82) is 0 Å². The second-order valence-electron chi connectivity index (χ2n) is 7.24. The first kappa shape index (κ1) is 25.6. The Hall–Kier alpha value is -4.03. The first-order chi connectivity index (χ1) is 16.8. The van der Waals surface area contributed by atoms with Crippen LogP contribution in [0.5, 0.6) is 5.75 Å². The van der Waals surface area contributed by atoms with Crippen LogP contribution in [0, 0.1) is 12.3 Å². The van der Waals surface area contributed by atoms with Crippen LogP contribution in [-0.2, 0) is 0 Å². The summed E-state index contributed by atoms with van der Waals surface area (Å²) in [4.78, 5) is 17.7. The average Bonchev–Trinajstić information content (AvgIpc) is 2.88. The van der Waals surface area contributed by atoms with Crippen LogP contribution in [0.4, 0.5) is 19.0 Å². The number of methoxy groups -OCH3 is 1. The third-order valence-electron chi connectivity index (χ3n) is 5.06. The molecule has 0 saturated heterocycles. The highest BCUT2D eigenvalue weighted by Crippen LogP contribution is 2.27. The van der Waals surface area contributed by atoms with E-state index in [1.165, 1.54) is 10.8 Å². The average molecular weight is 483 g/mol. The van der Waals surface area contributed by atoms with Crippen molar-refractivity contribution in [2.45, 2.75) is 26.3 Å². The van der Waals surface area contributed by atoms with Gasteiger partial charge in [-0.1, -0.05) is 31.9 Å². The molecule has 9 heteroatoms. The molecule has 3 aromatic rings. The molecule has 1 aromatic heterocycles. The third-order valence-corrected chi connectivity index (χ3v) is 5.06. The van der Waals surface area contributed by atoms with E-state index in [2.05, 4.69) is 21.5 Å². The van der Waals surface area contributed by atoms with Crippen molar-refractivity contribution in [3.8, 4) is 34.9 Å². The predicted molar refractivity (Wildman–Crippen MR) is 132 cm³/mol. The SMILES string of the molecule is C#Cc1ccc(-n2c3c(cc(-c4ccc(OC)cc4)c2=O)C=NC(NCC(F)(F)F)N3)cc1.CC. The number of anilines is 1. The Kier molecular flexibility index (Phi) is 7.99. The number of halogens is 3. The van der Waals surface area contributed by atoms with Crippen molar-refractivity contribution in [2.75, 3.05) is 19.0 Å². The van der Waals surface area contributed by atoms with Gasteiger partial charge in [0.1, 0.15) is 11.6 Å². The normalized spacial score (nSPS) is 14.1. The minimum Gasteiger partial charge on any atom is -0.497 e. The van der Waals surface area contributed by atoms with Crippen molar-refractivity contribution >= 4 is 12.0 Å². The van der Waals surface area contributed by atoms with E-state index in [0.717, 1.165) is 0 Å². The van der Waals surface area contributed by atoms with Gasteiger partial charge in [-0.05, 0) is 48.0 Å². The maximum Gasteiger partial charge on any atom is 0.401 e. The highest BCUT2D eigenvalue weighted by atomic mass is 19.4. The minimum atomic E-state index is -4.40. The molecule has 0 amide bonds. The molecule has 1 aliphatic rings. The smallest absolute Gasteiger partial charge is 0.401 e. The van der Waals surface area contributed by atoms with Crippen LogP contribution in [0.2, 0.25) is 0 Å². The van der Waals surface area contributed by atoms with Gasteiger partial charge in [0, 0.05) is 22.9 Å². The van der Waals surface area contributed by atoms with Crippen molar-refractivity contribution in [3.05, 3.63) is 76.1 Å². The number of nitrogens with one attached hydrogen (secondary N) is 2. The zero-order valence-corrected chi connectivity index (χ0v) is 19.5. The highest BCUT2D eigenvalue weighted by molar-refractivity contribution is 5.91. The van der Waals surface area contributed by atoms with Gasteiger partial charge in [-0.25, -0.2) is 0 Å². The molecule has 0 bridgehead atoms. The zero-order valence-electron chi connectivity index (χ0n) is 19.5. The van der Waals surface area contributed by atoms with Gasteiger partial charge < -0.3 is 10.1 Å². The second kappa shape index (κ2) is 10.9. The number of rotatable bonds is 5. The molecule has 2 heterocycles. The molecule has 6 nitrogen and oxygen atoms in total. The van der Waals surface area contributed by atoms with Gasteiger partial charge in [-0.15, -0.1) is 6.42 Å². The van der Waals surface area contributed by atoms with E-state index < -0.39 is 19.0 Å². The van der Waals surface area contributed by atoms with Gasteiger partial charge in [-0.2, -0.15) is 13.2 Å². The molecule has 2 aromatic carbocycles. The van der Waals surface area contributed by atoms with E-state index >= 15 is 0 Å².